The van der Waals surface area contributed by atoms with Gasteiger partial charge in [-0.25, -0.2) is 0 Å². The first-order valence-electron chi connectivity index (χ1n) is 9.80. The van der Waals surface area contributed by atoms with Crippen LogP contribution in [0.2, 0.25) is 0 Å². The Labute approximate surface area is 164 Å². The van der Waals surface area contributed by atoms with Gasteiger partial charge in [-0.2, -0.15) is 0 Å². The van der Waals surface area contributed by atoms with E-state index < -0.39 is 5.97 Å². The minimum atomic E-state index is -0.763. The fourth-order valence-electron chi connectivity index (χ4n) is 4.57. The van der Waals surface area contributed by atoms with Gasteiger partial charge in [0, 0.05) is 32.2 Å². The Morgan fingerprint density at radius 1 is 1.15 bits per heavy atom. The maximum atomic E-state index is 12.9. The first-order valence-corrected chi connectivity index (χ1v) is 9.80. The molecule has 3 unspecified atom stereocenters. The second kappa shape index (κ2) is 10.5. The summed E-state index contributed by atoms with van der Waals surface area (Å²) >= 11 is 0. The highest BCUT2D eigenvalue weighted by molar-refractivity contribution is 5.85. The van der Waals surface area contributed by atoms with E-state index >= 15 is 0 Å². The van der Waals surface area contributed by atoms with Crippen LogP contribution >= 0.6 is 12.4 Å². The Bertz CT molecular complexity index is 459. The lowest BCUT2D eigenvalue weighted by atomic mass is 9.91. The van der Waals surface area contributed by atoms with E-state index in [0.29, 0.717) is 17.9 Å². The van der Waals surface area contributed by atoms with Gasteiger partial charge >= 0.3 is 5.97 Å². The van der Waals surface area contributed by atoms with Crippen molar-refractivity contribution in [1.29, 1.82) is 0 Å². The minimum Gasteiger partial charge on any atom is -0.480 e. The van der Waals surface area contributed by atoms with Crippen molar-refractivity contribution in [2.24, 2.45) is 11.8 Å². The number of carboxylic acids is 1. The number of carboxylic acid groups (broad SMARTS) is 1. The molecule has 0 spiro atoms. The minimum absolute atomic E-state index is 0. The number of likely N-dealkylation sites (tertiary alicyclic amines) is 2. The number of nitrogens with zero attached hydrogens (tertiary/aromatic N) is 3. The molecule has 0 bridgehead atoms. The molecular formula is C19H36ClN3O3. The Kier molecular flexibility index (Phi) is 9.34. The van der Waals surface area contributed by atoms with Crippen LogP contribution in [0.4, 0.5) is 0 Å². The first kappa shape index (κ1) is 23.2. The molecule has 2 heterocycles. The van der Waals surface area contributed by atoms with E-state index in [1.165, 1.54) is 6.42 Å². The van der Waals surface area contributed by atoms with Crippen molar-refractivity contribution in [3.63, 3.8) is 0 Å². The Balaban J connectivity index is 0.00000338. The molecule has 7 heteroatoms. The number of piperidine rings is 2. The van der Waals surface area contributed by atoms with Gasteiger partial charge in [0.25, 0.3) is 0 Å². The molecule has 0 aromatic rings. The van der Waals surface area contributed by atoms with Gasteiger partial charge in [0.1, 0.15) is 0 Å². The Hall–Kier alpha value is -0.850. The second-order valence-corrected chi connectivity index (χ2v) is 8.09. The zero-order chi connectivity index (χ0) is 18.6. The third-order valence-electron chi connectivity index (χ3n) is 5.85. The van der Waals surface area contributed by atoms with Crippen molar-refractivity contribution >= 4 is 24.3 Å². The standard InChI is InChI=1S/C19H35N3O3.ClH/c1-5-20(13-18(23)24)17-6-8-21(9-7-17)16(4)19(25)22-11-14(2)10-15(3)12-22;/h14-17H,5-13H2,1-4H3,(H,23,24);1H. The van der Waals surface area contributed by atoms with Crippen molar-refractivity contribution in [3.05, 3.63) is 0 Å². The highest BCUT2D eigenvalue weighted by Gasteiger charge is 2.33. The maximum Gasteiger partial charge on any atom is 0.317 e. The van der Waals surface area contributed by atoms with Crippen LogP contribution in [0, 0.1) is 11.8 Å². The highest BCUT2D eigenvalue weighted by atomic mass is 35.5. The van der Waals surface area contributed by atoms with Gasteiger partial charge in [-0.1, -0.05) is 20.8 Å². The van der Waals surface area contributed by atoms with E-state index in [2.05, 4.69) is 23.6 Å². The van der Waals surface area contributed by atoms with Gasteiger partial charge < -0.3 is 10.0 Å². The quantitative estimate of drug-likeness (QED) is 0.754. The number of carbonyl (C=O) groups is 2. The molecule has 3 atom stereocenters. The van der Waals surface area contributed by atoms with Crippen LogP contribution in [0.15, 0.2) is 0 Å². The van der Waals surface area contributed by atoms with E-state index in [4.69, 9.17) is 5.11 Å². The van der Waals surface area contributed by atoms with E-state index in [9.17, 15) is 9.59 Å². The third-order valence-corrected chi connectivity index (χ3v) is 5.85. The SMILES string of the molecule is CCN(CC(=O)O)C1CCN(C(C)C(=O)N2CC(C)CC(C)C2)CC1.Cl. The summed E-state index contributed by atoms with van der Waals surface area (Å²) < 4.78 is 0. The molecule has 1 amide bonds. The largest absolute Gasteiger partial charge is 0.480 e. The van der Waals surface area contributed by atoms with Gasteiger partial charge in [-0.05, 0) is 44.6 Å². The second-order valence-electron chi connectivity index (χ2n) is 8.09. The number of hydrogen-bond acceptors (Lipinski definition) is 4. The summed E-state index contributed by atoms with van der Waals surface area (Å²) in [6.45, 7) is 12.9. The van der Waals surface area contributed by atoms with E-state index in [1.807, 2.05) is 18.7 Å². The monoisotopic (exact) mass is 389 g/mol. The van der Waals surface area contributed by atoms with Crippen LogP contribution in [0.5, 0.6) is 0 Å². The fraction of sp³-hybridized carbons (Fsp3) is 0.895. The molecule has 26 heavy (non-hydrogen) atoms. The average molecular weight is 390 g/mol. The molecule has 0 aromatic heterocycles. The van der Waals surface area contributed by atoms with E-state index in [1.54, 1.807) is 0 Å². The fourth-order valence-corrected chi connectivity index (χ4v) is 4.57. The van der Waals surface area contributed by atoms with Crippen LogP contribution in [0.25, 0.3) is 0 Å². The topological polar surface area (TPSA) is 64.1 Å². The molecular weight excluding hydrogens is 354 g/mol. The summed E-state index contributed by atoms with van der Waals surface area (Å²) in [7, 11) is 0. The molecule has 2 aliphatic heterocycles. The predicted octanol–water partition coefficient (Wildman–Crippen LogP) is 2.17. The van der Waals surface area contributed by atoms with Crippen molar-refractivity contribution in [2.45, 2.75) is 59.0 Å². The molecule has 2 fully saturated rings. The van der Waals surface area contributed by atoms with Gasteiger partial charge in [-0.15, -0.1) is 12.4 Å². The van der Waals surface area contributed by atoms with Crippen molar-refractivity contribution in [1.82, 2.24) is 14.7 Å². The Morgan fingerprint density at radius 2 is 1.69 bits per heavy atom. The lowest BCUT2D eigenvalue weighted by molar-refractivity contribution is -0.140. The number of aliphatic carboxylic acids is 1. The third kappa shape index (κ3) is 6.10. The zero-order valence-corrected chi connectivity index (χ0v) is 17.5. The van der Waals surface area contributed by atoms with Gasteiger partial charge in [-0.3, -0.25) is 19.4 Å². The molecule has 0 aromatic carbocycles. The summed E-state index contributed by atoms with van der Waals surface area (Å²) in [5, 5.41) is 9.04. The van der Waals surface area contributed by atoms with Crippen LogP contribution < -0.4 is 0 Å². The van der Waals surface area contributed by atoms with Crippen LogP contribution in [0.3, 0.4) is 0 Å². The number of carbonyl (C=O) groups excluding carboxylic acids is 1. The first-order chi connectivity index (χ1) is 11.8. The van der Waals surface area contributed by atoms with Crippen LogP contribution in [-0.4, -0.2) is 83.0 Å². The number of halogens is 1. The summed E-state index contributed by atoms with van der Waals surface area (Å²) in [5.41, 5.74) is 0. The maximum absolute atomic E-state index is 12.9. The molecule has 0 aliphatic carbocycles. The molecule has 0 radical (unpaired) electrons. The van der Waals surface area contributed by atoms with Crippen LogP contribution in [0.1, 0.15) is 47.0 Å². The molecule has 1 N–H and O–H groups in total. The predicted molar refractivity (Wildman–Crippen MR) is 106 cm³/mol. The average Bonchev–Trinajstić information content (AvgIpc) is 2.57. The lowest BCUT2D eigenvalue weighted by Gasteiger charge is -2.42. The van der Waals surface area contributed by atoms with E-state index in [-0.39, 0.29) is 30.9 Å². The summed E-state index contributed by atoms with van der Waals surface area (Å²) in [6.07, 6.45) is 3.08. The number of rotatable bonds is 6. The van der Waals surface area contributed by atoms with Crippen molar-refractivity contribution in [2.75, 3.05) is 39.3 Å². The van der Waals surface area contributed by atoms with Gasteiger partial charge in [0.05, 0.1) is 12.6 Å². The van der Waals surface area contributed by atoms with Crippen molar-refractivity contribution in [3.8, 4) is 0 Å². The van der Waals surface area contributed by atoms with Gasteiger partial charge in [0.15, 0.2) is 0 Å². The molecule has 2 aliphatic rings. The smallest absolute Gasteiger partial charge is 0.317 e. The summed E-state index contributed by atoms with van der Waals surface area (Å²) in [6, 6.07) is 0.239. The summed E-state index contributed by atoms with van der Waals surface area (Å²) in [5.74, 6) is 0.662. The summed E-state index contributed by atoms with van der Waals surface area (Å²) in [4.78, 5) is 30.3. The lowest BCUT2D eigenvalue weighted by Crippen LogP contribution is -2.54. The molecule has 0 saturated carbocycles. The number of amides is 1. The Morgan fingerprint density at radius 3 is 2.15 bits per heavy atom. The molecule has 152 valence electrons. The highest BCUT2D eigenvalue weighted by Crippen LogP contribution is 2.24. The van der Waals surface area contributed by atoms with E-state index in [0.717, 1.165) is 45.6 Å². The molecule has 2 rings (SSSR count). The molecule has 6 nitrogen and oxygen atoms in total. The number of hydrogen-bond donors (Lipinski definition) is 1. The normalized spacial score (nSPS) is 26.4. The van der Waals surface area contributed by atoms with Crippen LogP contribution in [-0.2, 0) is 9.59 Å². The molecule has 2 saturated heterocycles. The zero-order valence-electron chi connectivity index (χ0n) is 16.7. The van der Waals surface area contributed by atoms with Crippen molar-refractivity contribution < 1.29 is 14.7 Å². The number of likely N-dealkylation sites (N-methyl/N-ethyl adjacent to an activating group) is 1. The van der Waals surface area contributed by atoms with Gasteiger partial charge in [0.2, 0.25) is 5.91 Å².